The molecule has 3 rings (SSSR count). The van der Waals surface area contributed by atoms with E-state index in [1.807, 2.05) is 29.2 Å². The van der Waals surface area contributed by atoms with Gasteiger partial charge < -0.3 is 15.2 Å². The Kier molecular flexibility index (Phi) is 4.15. The largest absolute Gasteiger partial charge is 0.340 e. The molecule has 1 aromatic carbocycles. The van der Waals surface area contributed by atoms with Crippen molar-refractivity contribution in [2.75, 3.05) is 13.1 Å². The van der Waals surface area contributed by atoms with Crippen LogP contribution in [-0.2, 0) is 17.8 Å². The number of nitrogens with two attached hydrogens (primary N) is 1. The highest BCUT2D eigenvalue weighted by Gasteiger charge is 2.35. The second kappa shape index (κ2) is 5.96. The molecule has 1 amide bonds. The number of rotatable bonds is 3. The SMILES string of the molecule is CCc1nc2ccccc2n1CC(=O)N1CCC(N)C(C)(C)C1. The summed E-state index contributed by atoms with van der Waals surface area (Å²) in [6, 6.07) is 8.17. The van der Waals surface area contributed by atoms with E-state index in [2.05, 4.69) is 30.3 Å². The number of hydrogen-bond donors (Lipinski definition) is 1. The van der Waals surface area contributed by atoms with Crippen LogP contribution in [-0.4, -0.2) is 39.5 Å². The molecule has 2 N–H and O–H groups in total. The molecule has 124 valence electrons. The van der Waals surface area contributed by atoms with Gasteiger partial charge in [-0.15, -0.1) is 0 Å². The summed E-state index contributed by atoms with van der Waals surface area (Å²) in [6.45, 7) is 8.18. The van der Waals surface area contributed by atoms with E-state index in [-0.39, 0.29) is 17.4 Å². The Labute approximate surface area is 137 Å². The highest BCUT2D eigenvalue weighted by atomic mass is 16.2. The lowest BCUT2D eigenvalue weighted by Gasteiger charge is -2.42. The number of aryl methyl sites for hydroxylation is 1. The molecule has 1 aliphatic heterocycles. The van der Waals surface area contributed by atoms with Crippen molar-refractivity contribution in [1.82, 2.24) is 14.5 Å². The number of amides is 1. The molecule has 2 aromatic rings. The zero-order chi connectivity index (χ0) is 16.6. The lowest BCUT2D eigenvalue weighted by molar-refractivity contribution is -0.135. The number of para-hydroxylation sites is 2. The molecule has 1 fully saturated rings. The third-order valence-electron chi connectivity index (χ3n) is 5.01. The highest BCUT2D eigenvalue weighted by molar-refractivity contribution is 5.81. The van der Waals surface area contributed by atoms with E-state index in [0.717, 1.165) is 42.8 Å². The lowest BCUT2D eigenvalue weighted by Crippen LogP contribution is -2.54. The quantitative estimate of drug-likeness (QED) is 0.944. The van der Waals surface area contributed by atoms with Crippen LogP contribution in [0, 0.1) is 5.41 Å². The molecule has 1 aliphatic rings. The average molecular weight is 314 g/mol. The summed E-state index contributed by atoms with van der Waals surface area (Å²) in [5, 5.41) is 0. The van der Waals surface area contributed by atoms with Crippen LogP contribution < -0.4 is 5.73 Å². The molecule has 0 radical (unpaired) electrons. The zero-order valence-corrected chi connectivity index (χ0v) is 14.2. The first-order chi connectivity index (χ1) is 10.9. The van der Waals surface area contributed by atoms with E-state index < -0.39 is 0 Å². The zero-order valence-electron chi connectivity index (χ0n) is 14.2. The summed E-state index contributed by atoms with van der Waals surface area (Å²) in [7, 11) is 0. The van der Waals surface area contributed by atoms with Gasteiger partial charge in [0.1, 0.15) is 12.4 Å². The van der Waals surface area contributed by atoms with Gasteiger partial charge in [-0.25, -0.2) is 4.98 Å². The van der Waals surface area contributed by atoms with Crippen LogP contribution >= 0.6 is 0 Å². The highest BCUT2D eigenvalue weighted by Crippen LogP contribution is 2.28. The molecule has 2 heterocycles. The molecule has 5 nitrogen and oxygen atoms in total. The maximum absolute atomic E-state index is 12.8. The first-order valence-corrected chi connectivity index (χ1v) is 8.40. The number of benzene rings is 1. The van der Waals surface area contributed by atoms with Gasteiger partial charge in [-0.3, -0.25) is 4.79 Å². The topological polar surface area (TPSA) is 64.2 Å². The van der Waals surface area contributed by atoms with E-state index >= 15 is 0 Å². The molecule has 0 bridgehead atoms. The minimum atomic E-state index is -0.0293. The van der Waals surface area contributed by atoms with Crippen molar-refractivity contribution in [3.8, 4) is 0 Å². The van der Waals surface area contributed by atoms with E-state index in [0.29, 0.717) is 6.54 Å². The summed E-state index contributed by atoms with van der Waals surface area (Å²) in [4.78, 5) is 19.4. The molecular formula is C18H26N4O. The number of aromatic nitrogens is 2. The van der Waals surface area contributed by atoms with E-state index in [1.54, 1.807) is 0 Å². The van der Waals surface area contributed by atoms with Gasteiger partial charge >= 0.3 is 0 Å². The summed E-state index contributed by atoms with van der Waals surface area (Å²) in [5.41, 5.74) is 8.14. The van der Waals surface area contributed by atoms with E-state index in [4.69, 9.17) is 5.73 Å². The number of nitrogens with zero attached hydrogens (tertiary/aromatic N) is 3. The predicted octanol–water partition coefficient (Wildman–Crippen LogP) is 2.18. The fourth-order valence-corrected chi connectivity index (χ4v) is 3.39. The third kappa shape index (κ3) is 2.98. The van der Waals surface area contributed by atoms with Crippen LogP contribution in [0.4, 0.5) is 0 Å². The second-order valence-corrected chi connectivity index (χ2v) is 7.16. The van der Waals surface area contributed by atoms with Crippen molar-refractivity contribution < 1.29 is 4.79 Å². The van der Waals surface area contributed by atoms with Crippen molar-refractivity contribution in [1.29, 1.82) is 0 Å². The van der Waals surface area contributed by atoms with Crippen molar-refractivity contribution in [3.63, 3.8) is 0 Å². The normalized spacial score (nSPS) is 20.9. The Morgan fingerprint density at radius 3 is 2.83 bits per heavy atom. The van der Waals surface area contributed by atoms with Crippen molar-refractivity contribution in [2.24, 2.45) is 11.1 Å². The molecule has 1 atom stereocenters. The molecule has 1 saturated heterocycles. The number of carbonyl (C=O) groups is 1. The molecule has 23 heavy (non-hydrogen) atoms. The van der Waals surface area contributed by atoms with Gasteiger partial charge in [-0.2, -0.15) is 0 Å². The molecule has 0 aliphatic carbocycles. The fraction of sp³-hybridized carbons (Fsp3) is 0.556. The monoisotopic (exact) mass is 314 g/mol. The number of carbonyl (C=O) groups excluding carboxylic acids is 1. The fourth-order valence-electron chi connectivity index (χ4n) is 3.39. The standard InChI is InChI=1S/C18H26N4O/c1-4-16-20-13-7-5-6-8-14(13)22(16)11-17(23)21-10-9-15(19)18(2,3)12-21/h5-8,15H,4,9-12,19H2,1-3H3. The molecular weight excluding hydrogens is 288 g/mol. The molecule has 0 spiro atoms. The van der Waals surface area contributed by atoms with Crippen LogP contribution in [0.5, 0.6) is 0 Å². The Bertz CT molecular complexity index is 719. The Morgan fingerprint density at radius 1 is 1.39 bits per heavy atom. The van der Waals surface area contributed by atoms with Gasteiger partial charge in [-0.1, -0.05) is 32.9 Å². The van der Waals surface area contributed by atoms with Crippen LogP contribution in [0.25, 0.3) is 11.0 Å². The second-order valence-electron chi connectivity index (χ2n) is 7.16. The van der Waals surface area contributed by atoms with E-state index in [1.165, 1.54) is 0 Å². The molecule has 0 saturated carbocycles. The maximum atomic E-state index is 12.8. The smallest absolute Gasteiger partial charge is 0.242 e. The van der Waals surface area contributed by atoms with Gasteiger partial charge in [0.25, 0.3) is 0 Å². The van der Waals surface area contributed by atoms with Crippen LogP contribution in [0.3, 0.4) is 0 Å². The number of piperidine rings is 1. The first kappa shape index (κ1) is 16.0. The van der Waals surface area contributed by atoms with E-state index in [9.17, 15) is 4.79 Å². The summed E-state index contributed by atoms with van der Waals surface area (Å²) < 4.78 is 2.05. The number of likely N-dealkylation sites (tertiary alicyclic amines) is 1. The first-order valence-electron chi connectivity index (χ1n) is 8.40. The van der Waals surface area contributed by atoms with Gasteiger partial charge in [0.2, 0.25) is 5.91 Å². The third-order valence-corrected chi connectivity index (χ3v) is 5.01. The average Bonchev–Trinajstić information content (AvgIpc) is 2.88. The predicted molar refractivity (Wildman–Crippen MR) is 92.1 cm³/mol. The number of fused-ring (bicyclic) bond motifs is 1. The summed E-state index contributed by atoms with van der Waals surface area (Å²) >= 11 is 0. The van der Waals surface area contributed by atoms with Crippen LogP contribution in [0.2, 0.25) is 0 Å². The number of hydrogen-bond acceptors (Lipinski definition) is 3. The van der Waals surface area contributed by atoms with Gasteiger partial charge in [0.15, 0.2) is 0 Å². The lowest BCUT2D eigenvalue weighted by atomic mass is 9.79. The summed E-state index contributed by atoms with van der Waals surface area (Å²) in [5.74, 6) is 1.12. The minimum absolute atomic E-state index is 0.0293. The number of imidazole rings is 1. The Balaban J connectivity index is 1.83. The van der Waals surface area contributed by atoms with Crippen molar-refractivity contribution in [2.45, 2.75) is 46.2 Å². The van der Waals surface area contributed by atoms with Crippen molar-refractivity contribution in [3.05, 3.63) is 30.1 Å². The molecule has 5 heteroatoms. The van der Waals surface area contributed by atoms with Gasteiger partial charge in [0, 0.05) is 25.6 Å². The Hall–Kier alpha value is -1.88. The molecule has 1 aromatic heterocycles. The maximum Gasteiger partial charge on any atom is 0.242 e. The van der Waals surface area contributed by atoms with Crippen LogP contribution in [0.15, 0.2) is 24.3 Å². The Morgan fingerprint density at radius 2 is 2.13 bits per heavy atom. The van der Waals surface area contributed by atoms with Crippen LogP contribution in [0.1, 0.15) is 33.0 Å². The molecule has 1 unspecified atom stereocenters. The minimum Gasteiger partial charge on any atom is -0.340 e. The van der Waals surface area contributed by atoms with Crippen molar-refractivity contribution >= 4 is 16.9 Å². The van der Waals surface area contributed by atoms with Gasteiger partial charge in [0.05, 0.1) is 11.0 Å². The van der Waals surface area contributed by atoms with Gasteiger partial charge in [-0.05, 0) is 24.0 Å². The summed E-state index contributed by atoms with van der Waals surface area (Å²) in [6.07, 6.45) is 1.68.